The molecule has 21 heavy (non-hydrogen) atoms. The van der Waals surface area contributed by atoms with Crippen LogP contribution in [-0.4, -0.2) is 38.0 Å². The van der Waals surface area contributed by atoms with E-state index in [1.807, 2.05) is 19.0 Å². The minimum absolute atomic E-state index is 0. The Hall–Kier alpha value is -1.58. The van der Waals surface area contributed by atoms with Gasteiger partial charge in [0.1, 0.15) is 0 Å². The van der Waals surface area contributed by atoms with E-state index in [0.29, 0.717) is 6.42 Å². The van der Waals surface area contributed by atoms with E-state index in [1.165, 1.54) is 16.3 Å². The lowest BCUT2D eigenvalue weighted by Gasteiger charge is -2.17. The molecule has 0 saturated heterocycles. The van der Waals surface area contributed by atoms with Gasteiger partial charge in [-0.25, -0.2) is 0 Å². The number of halogens is 1. The van der Waals surface area contributed by atoms with Crippen LogP contribution >= 0.6 is 12.4 Å². The maximum atomic E-state index is 11.9. The van der Waals surface area contributed by atoms with Crippen LogP contribution in [0.25, 0.3) is 10.8 Å². The van der Waals surface area contributed by atoms with Crippen molar-refractivity contribution in [2.75, 3.05) is 27.2 Å². The maximum absolute atomic E-state index is 11.9. The van der Waals surface area contributed by atoms with Crippen LogP contribution in [-0.2, 0) is 11.2 Å². The van der Waals surface area contributed by atoms with Crippen molar-refractivity contribution >= 4 is 29.1 Å². The van der Waals surface area contributed by atoms with Crippen molar-refractivity contribution in [3.63, 3.8) is 0 Å². The van der Waals surface area contributed by atoms with Gasteiger partial charge in [-0.2, -0.15) is 0 Å². The molecule has 2 rings (SSSR count). The molecule has 0 atom stereocenters. The van der Waals surface area contributed by atoms with Gasteiger partial charge in [0.05, 0.1) is 0 Å². The average Bonchev–Trinajstić information content (AvgIpc) is 2.50. The number of nitrogens with one attached hydrogen (secondary N) is 1. The van der Waals surface area contributed by atoms with Gasteiger partial charge in [-0.15, -0.1) is 12.4 Å². The van der Waals surface area contributed by atoms with Crippen molar-refractivity contribution in [3.8, 4) is 0 Å². The summed E-state index contributed by atoms with van der Waals surface area (Å²) in [6.07, 6.45) is 1.45. The lowest BCUT2D eigenvalue weighted by molar-refractivity contribution is -0.129. The largest absolute Gasteiger partial charge is 0.345 e. The number of carbonyl (C=O) groups is 1. The molecule has 0 unspecified atom stereocenters. The number of hydrogen-bond acceptors (Lipinski definition) is 2. The standard InChI is InChI=1S/C17H22N2O.ClH/c1-18-12-10-17(20)19(2)13-11-15-8-5-7-14-6-3-4-9-16(14)15;/h3-9,18H,10-13H2,1-2H3;1H. The molecule has 4 heteroatoms. The highest BCUT2D eigenvalue weighted by Crippen LogP contribution is 2.19. The zero-order valence-electron chi connectivity index (χ0n) is 12.6. The molecule has 0 aromatic heterocycles. The summed E-state index contributed by atoms with van der Waals surface area (Å²) in [5.41, 5.74) is 1.30. The summed E-state index contributed by atoms with van der Waals surface area (Å²) in [5, 5.41) is 5.55. The predicted molar refractivity (Wildman–Crippen MR) is 91.1 cm³/mol. The molecule has 0 fully saturated rings. The molecular formula is C17H23ClN2O. The lowest BCUT2D eigenvalue weighted by Crippen LogP contribution is -2.30. The van der Waals surface area contributed by atoms with Gasteiger partial charge >= 0.3 is 0 Å². The Morgan fingerprint density at radius 2 is 1.86 bits per heavy atom. The molecule has 0 saturated carbocycles. The number of benzene rings is 2. The van der Waals surface area contributed by atoms with Gasteiger partial charge in [-0.1, -0.05) is 42.5 Å². The molecule has 1 amide bonds. The fraction of sp³-hybridized carbons (Fsp3) is 0.353. The van der Waals surface area contributed by atoms with Crippen molar-refractivity contribution < 1.29 is 4.79 Å². The highest BCUT2D eigenvalue weighted by atomic mass is 35.5. The SMILES string of the molecule is CNCCC(=O)N(C)CCc1cccc2ccccc12.Cl. The summed E-state index contributed by atoms with van der Waals surface area (Å²) < 4.78 is 0. The Labute approximate surface area is 132 Å². The summed E-state index contributed by atoms with van der Waals surface area (Å²) in [4.78, 5) is 13.7. The van der Waals surface area contributed by atoms with Crippen LogP contribution in [0.5, 0.6) is 0 Å². The second kappa shape index (κ2) is 8.65. The van der Waals surface area contributed by atoms with Gasteiger partial charge in [0.25, 0.3) is 0 Å². The Morgan fingerprint density at radius 3 is 2.62 bits per heavy atom. The Balaban J connectivity index is 0.00000220. The minimum atomic E-state index is 0. The summed E-state index contributed by atoms with van der Waals surface area (Å²) in [6.45, 7) is 1.49. The predicted octanol–water partition coefficient (Wildman–Crippen LogP) is 2.87. The zero-order valence-corrected chi connectivity index (χ0v) is 13.5. The molecule has 3 nitrogen and oxygen atoms in total. The topological polar surface area (TPSA) is 32.3 Å². The van der Waals surface area contributed by atoms with Gasteiger partial charge in [0, 0.05) is 26.6 Å². The maximum Gasteiger partial charge on any atom is 0.223 e. The summed E-state index contributed by atoms with van der Waals surface area (Å²) in [7, 11) is 3.74. The number of hydrogen-bond donors (Lipinski definition) is 1. The Bertz CT molecular complexity index is 581. The zero-order chi connectivity index (χ0) is 14.4. The van der Waals surface area contributed by atoms with E-state index in [0.717, 1.165) is 19.5 Å². The second-order valence-electron chi connectivity index (χ2n) is 5.06. The van der Waals surface area contributed by atoms with E-state index in [9.17, 15) is 4.79 Å². The second-order valence-corrected chi connectivity index (χ2v) is 5.06. The summed E-state index contributed by atoms with van der Waals surface area (Å²) in [5.74, 6) is 0.194. The summed E-state index contributed by atoms with van der Waals surface area (Å²) >= 11 is 0. The molecule has 0 heterocycles. The number of fused-ring (bicyclic) bond motifs is 1. The van der Waals surface area contributed by atoms with Crippen molar-refractivity contribution in [2.24, 2.45) is 0 Å². The molecule has 1 N–H and O–H groups in total. The monoisotopic (exact) mass is 306 g/mol. The molecule has 0 bridgehead atoms. The van der Waals surface area contributed by atoms with E-state index in [2.05, 4.69) is 47.8 Å². The van der Waals surface area contributed by atoms with E-state index < -0.39 is 0 Å². The van der Waals surface area contributed by atoms with Crippen molar-refractivity contribution in [1.82, 2.24) is 10.2 Å². The molecule has 0 aliphatic carbocycles. The molecule has 0 aliphatic heterocycles. The first-order valence-corrected chi connectivity index (χ1v) is 7.07. The fourth-order valence-electron chi connectivity index (χ4n) is 2.35. The molecule has 2 aromatic rings. The van der Waals surface area contributed by atoms with Crippen LogP contribution in [0.15, 0.2) is 42.5 Å². The Kier molecular flexibility index (Phi) is 7.20. The van der Waals surface area contributed by atoms with Crippen LogP contribution in [0.2, 0.25) is 0 Å². The van der Waals surface area contributed by atoms with Gasteiger partial charge < -0.3 is 10.2 Å². The first-order chi connectivity index (χ1) is 9.72. The first kappa shape index (κ1) is 17.5. The number of likely N-dealkylation sites (N-methyl/N-ethyl adjacent to an activating group) is 1. The number of amides is 1. The third-order valence-corrected chi connectivity index (χ3v) is 3.61. The normalized spacial score (nSPS) is 10.2. The van der Waals surface area contributed by atoms with Crippen LogP contribution in [0.3, 0.4) is 0 Å². The van der Waals surface area contributed by atoms with E-state index in [4.69, 9.17) is 0 Å². The number of nitrogens with zero attached hydrogens (tertiary/aromatic N) is 1. The van der Waals surface area contributed by atoms with Crippen molar-refractivity contribution in [3.05, 3.63) is 48.0 Å². The average molecular weight is 307 g/mol. The Morgan fingerprint density at radius 1 is 1.14 bits per heavy atom. The number of rotatable bonds is 6. The highest BCUT2D eigenvalue weighted by Gasteiger charge is 2.08. The van der Waals surface area contributed by atoms with E-state index >= 15 is 0 Å². The van der Waals surface area contributed by atoms with Crippen LogP contribution in [0, 0.1) is 0 Å². The van der Waals surface area contributed by atoms with Gasteiger partial charge in [0.15, 0.2) is 0 Å². The van der Waals surface area contributed by atoms with Crippen molar-refractivity contribution in [1.29, 1.82) is 0 Å². The first-order valence-electron chi connectivity index (χ1n) is 7.07. The quantitative estimate of drug-likeness (QED) is 0.890. The highest BCUT2D eigenvalue weighted by molar-refractivity contribution is 5.86. The van der Waals surface area contributed by atoms with Crippen LogP contribution < -0.4 is 5.32 Å². The molecular weight excluding hydrogens is 284 g/mol. The van der Waals surface area contributed by atoms with Gasteiger partial charge in [-0.05, 0) is 29.8 Å². The van der Waals surface area contributed by atoms with Crippen molar-refractivity contribution in [2.45, 2.75) is 12.8 Å². The van der Waals surface area contributed by atoms with Crippen LogP contribution in [0.1, 0.15) is 12.0 Å². The number of carbonyl (C=O) groups excluding carboxylic acids is 1. The van der Waals surface area contributed by atoms with Crippen LogP contribution in [0.4, 0.5) is 0 Å². The van der Waals surface area contributed by atoms with E-state index in [-0.39, 0.29) is 18.3 Å². The lowest BCUT2D eigenvalue weighted by atomic mass is 10.0. The third-order valence-electron chi connectivity index (χ3n) is 3.61. The molecule has 0 radical (unpaired) electrons. The smallest absolute Gasteiger partial charge is 0.223 e. The molecule has 114 valence electrons. The summed E-state index contributed by atoms with van der Waals surface area (Å²) in [6, 6.07) is 14.7. The van der Waals surface area contributed by atoms with Gasteiger partial charge in [-0.3, -0.25) is 4.79 Å². The van der Waals surface area contributed by atoms with Gasteiger partial charge in [0.2, 0.25) is 5.91 Å². The third kappa shape index (κ3) is 4.73. The molecule has 0 aliphatic rings. The van der Waals surface area contributed by atoms with E-state index in [1.54, 1.807) is 0 Å². The minimum Gasteiger partial charge on any atom is -0.345 e. The fourth-order valence-corrected chi connectivity index (χ4v) is 2.35. The molecule has 0 spiro atoms. The molecule has 2 aromatic carbocycles.